The van der Waals surface area contributed by atoms with Gasteiger partial charge in [0.25, 0.3) is 5.91 Å². The number of nitrogens with one attached hydrogen (secondary N) is 1. The van der Waals surface area contributed by atoms with Crippen molar-refractivity contribution in [3.05, 3.63) is 34.3 Å². The van der Waals surface area contributed by atoms with Gasteiger partial charge >= 0.3 is 0 Å². The molecule has 22 heavy (non-hydrogen) atoms. The highest BCUT2D eigenvalue weighted by Gasteiger charge is 2.22. The van der Waals surface area contributed by atoms with Gasteiger partial charge in [-0.2, -0.15) is 0 Å². The zero-order valence-corrected chi connectivity index (χ0v) is 14.6. The summed E-state index contributed by atoms with van der Waals surface area (Å²) in [6.45, 7) is 2.69. The molecule has 0 aromatic heterocycles. The monoisotopic (exact) mass is 366 g/mol. The van der Waals surface area contributed by atoms with E-state index in [-0.39, 0.29) is 11.8 Å². The van der Waals surface area contributed by atoms with E-state index in [0.29, 0.717) is 24.7 Å². The summed E-state index contributed by atoms with van der Waals surface area (Å²) in [6.07, 6.45) is 5.82. The van der Waals surface area contributed by atoms with E-state index < -0.39 is 0 Å². The van der Waals surface area contributed by atoms with E-state index in [9.17, 15) is 9.59 Å². The van der Waals surface area contributed by atoms with Gasteiger partial charge in [-0.3, -0.25) is 9.59 Å². The summed E-state index contributed by atoms with van der Waals surface area (Å²) < 4.78 is 0.882. The second kappa shape index (κ2) is 8.32. The highest BCUT2D eigenvalue weighted by atomic mass is 79.9. The Morgan fingerprint density at radius 2 is 2.00 bits per heavy atom. The largest absolute Gasteiger partial charge is 0.350 e. The average Bonchev–Trinajstić information content (AvgIpc) is 2.52. The normalized spacial score (nSPS) is 15.4. The number of carbonyl (C=O) groups is 2. The van der Waals surface area contributed by atoms with Gasteiger partial charge in [-0.1, -0.05) is 41.3 Å². The molecule has 0 spiro atoms. The number of halogens is 1. The van der Waals surface area contributed by atoms with E-state index in [4.69, 9.17) is 0 Å². The lowest BCUT2D eigenvalue weighted by atomic mass is 9.94. The van der Waals surface area contributed by atoms with Gasteiger partial charge in [0, 0.05) is 36.1 Å². The molecule has 120 valence electrons. The molecule has 2 rings (SSSR count). The van der Waals surface area contributed by atoms with Crippen LogP contribution in [0.2, 0.25) is 0 Å². The Morgan fingerprint density at radius 1 is 1.27 bits per heavy atom. The van der Waals surface area contributed by atoms with Crippen LogP contribution < -0.4 is 5.32 Å². The highest BCUT2D eigenvalue weighted by Crippen LogP contribution is 2.22. The maximum Gasteiger partial charge on any atom is 0.251 e. The molecule has 0 saturated heterocycles. The van der Waals surface area contributed by atoms with Gasteiger partial charge in [0.1, 0.15) is 0 Å². The Labute approximate surface area is 140 Å². The quantitative estimate of drug-likeness (QED) is 0.868. The Balaban J connectivity index is 1.85. The molecule has 4 nitrogen and oxygen atoms in total. The standard InChI is InChI=1S/C17H23BrN2O2/c1-13(21)20(16-8-3-2-4-9-16)11-10-19-17(22)14-6-5-7-15(18)12-14/h5-7,12,16H,2-4,8-11H2,1H3,(H,19,22). The molecule has 1 aliphatic carbocycles. The third kappa shape index (κ3) is 4.83. The molecule has 1 saturated carbocycles. The van der Waals surface area contributed by atoms with E-state index >= 15 is 0 Å². The predicted octanol–water partition coefficient (Wildman–Crippen LogP) is 3.36. The minimum absolute atomic E-state index is 0.101. The van der Waals surface area contributed by atoms with E-state index in [2.05, 4.69) is 21.2 Å². The summed E-state index contributed by atoms with van der Waals surface area (Å²) in [5.74, 6) is -0.00273. The third-order valence-electron chi connectivity index (χ3n) is 4.15. The van der Waals surface area contributed by atoms with Crippen molar-refractivity contribution in [3.8, 4) is 0 Å². The van der Waals surface area contributed by atoms with Crippen LogP contribution in [0.4, 0.5) is 0 Å². The molecule has 0 aliphatic heterocycles. The number of carbonyl (C=O) groups excluding carboxylic acids is 2. The number of hydrogen-bond acceptors (Lipinski definition) is 2. The number of amides is 2. The van der Waals surface area contributed by atoms with E-state index in [1.54, 1.807) is 19.1 Å². The Bertz CT molecular complexity index is 527. The van der Waals surface area contributed by atoms with Gasteiger partial charge in [0.05, 0.1) is 0 Å². The summed E-state index contributed by atoms with van der Waals surface area (Å²) in [6, 6.07) is 7.64. The predicted molar refractivity (Wildman–Crippen MR) is 90.7 cm³/mol. The SMILES string of the molecule is CC(=O)N(CCNC(=O)c1cccc(Br)c1)C1CCCCC1. The van der Waals surface area contributed by atoms with Crippen LogP contribution in [0, 0.1) is 0 Å². The smallest absolute Gasteiger partial charge is 0.251 e. The lowest BCUT2D eigenvalue weighted by Crippen LogP contribution is -2.44. The van der Waals surface area contributed by atoms with Crippen molar-refractivity contribution in [3.63, 3.8) is 0 Å². The Hall–Kier alpha value is -1.36. The van der Waals surface area contributed by atoms with Gasteiger partial charge in [0.15, 0.2) is 0 Å². The molecular formula is C17H23BrN2O2. The zero-order chi connectivity index (χ0) is 15.9. The van der Waals surface area contributed by atoms with Crippen molar-refractivity contribution in [1.29, 1.82) is 0 Å². The van der Waals surface area contributed by atoms with Crippen LogP contribution in [0.3, 0.4) is 0 Å². The van der Waals surface area contributed by atoms with Gasteiger partial charge < -0.3 is 10.2 Å². The third-order valence-corrected chi connectivity index (χ3v) is 4.64. The topological polar surface area (TPSA) is 49.4 Å². The maximum atomic E-state index is 12.1. The lowest BCUT2D eigenvalue weighted by molar-refractivity contribution is -0.131. The molecule has 1 aliphatic rings. The molecule has 0 unspecified atom stereocenters. The van der Waals surface area contributed by atoms with E-state index in [1.807, 2.05) is 17.0 Å². The van der Waals surface area contributed by atoms with Crippen LogP contribution in [0.25, 0.3) is 0 Å². The summed E-state index contributed by atoms with van der Waals surface area (Å²) in [7, 11) is 0. The van der Waals surface area contributed by atoms with Crippen molar-refractivity contribution in [2.75, 3.05) is 13.1 Å². The minimum Gasteiger partial charge on any atom is -0.350 e. The Kier molecular flexibility index (Phi) is 6.43. The number of nitrogens with zero attached hydrogens (tertiary/aromatic N) is 1. The summed E-state index contributed by atoms with van der Waals surface area (Å²) in [5, 5.41) is 2.90. The summed E-state index contributed by atoms with van der Waals surface area (Å²) in [5.41, 5.74) is 0.626. The zero-order valence-electron chi connectivity index (χ0n) is 13.0. The molecular weight excluding hydrogens is 344 g/mol. The fraction of sp³-hybridized carbons (Fsp3) is 0.529. The van der Waals surface area contributed by atoms with Crippen LogP contribution in [0.5, 0.6) is 0 Å². The minimum atomic E-state index is -0.103. The first kappa shape index (κ1) is 17.0. The van der Waals surface area contributed by atoms with Crippen LogP contribution in [0.15, 0.2) is 28.7 Å². The Morgan fingerprint density at radius 3 is 2.64 bits per heavy atom. The molecule has 1 fully saturated rings. The second-order valence-electron chi connectivity index (χ2n) is 5.77. The van der Waals surface area contributed by atoms with E-state index in [1.165, 1.54) is 19.3 Å². The molecule has 0 radical (unpaired) electrons. The van der Waals surface area contributed by atoms with Crippen molar-refractivity contribution >= 4 is 27.7 Å². The molecule has 5 heteroatoms. The molecule has 2 amide bonds. The van der Waals surface area contributed by atoms with Crippen molar-refractivity contribution in [2.45, 2.75) is 45.1 Å². The molecule has 0 heterocycles. The van der Waals surface area contributed by atoms with Crippen molar-refractivity contribution in [1.82, 2.24) is 10.2 Å². The van der Waals surface area contributed by atoms with Crippen LogP contribution in [0.1, 0.15) is 49.4 Å². The molecule has 0 bridgehead atoms. The first-order chi connectivity index (χ1) is 10.6. The molecule has 1 aromatic rings. The fourth-order valence-corrected chi connectivity index (χ4v) is 3.41. The van der Waals surface area contributed by atoms with Gasteiger partial charge in [-0.15, -0.1) is 0 Å². The first-order valence-corrected chi connectivity index (χ1v) is 8.68. The van der Waals surface area contributed by atoms with Crippen molar-refractivity contribution in [2.24, 2.45) is 0 Å². The van der Waals surface area contributed by atoms with Gasteiger partial charge in [-0.25, -0.2) is 0 Å². The van der Waals surface area contributed by atoms with Crippen molar-refractivity contribution < 1.29 is 9.59 Å². The van der Waals surface area contributed by atoms with Crippen LogP contribution in [-0.4, -0.2) is 35.8 Å². The highest BCUT2D eigenvalue weighted by molar-refractivity contribution is 9.10. The first-order valence-electron chi connectivity index (χ1n) is 7.89. The fourth-order valence-electron chi connectivity index (χ4n) is 3.01. The van der Waals surface area contributed by atoms with Gasteiger partial charge in [-0.05, 0) is 31.0 Å². The molecule has 1 aromatic carbocycles. The molecule has 1 N–H and O–H groups in total. The van der Waals surface area contributed by atoms with Crippen LogP contribution >= 0.6 is 15.9 Å². The summed E-state index contributed by atoms with van der Waals surface area (Å²) in [4.78, 5) is 25.8. The van der Waals surface area contributed by atoms with Gasteiger partial charge in [0.2, 0.25) is 5.91 Å². The number of hydrogen-bond donors (Lipinski definition) is 1. The van der Waals surface area contributed by atoms with Crippen LogP contribution in [-0.2, 0) is 4.79 Å². The summed E-state index contributed by atoms with van der Waals surface area (Å²) >= 11 is 3.36. The number of rotatable bonds is 5. The maximum absolute atomic E-state index is 12.1. The van der Waals surface area contributed by atoms with E-state index in [0.717, 1.165) is 17.3 Å². The molecule has 0 atom stereocenters. The second-order valence-corrected chi connectivity index (χ2v) is 6.69. The number of benzene rings is 1. The average molecular weight is 367 g/mol. The lowest BCUT2D eigenvalue weighted by Gasteiger charge is -2.33.